The molecule has 1 atom stereocenters. The molecule has 2 aromatic carbocycles. The summed E-state index contributed by atoms with van der Waals surface area (Å²) in [4.78, 5) is 2.70. The van der Waals surface area contributed by atoms with E-state index in [1.165, 1.54) is 42.3 Å². The molecule has 5 rings (SSSR count). The summed E-state index contributed by atoms with van der Waals surface area (Å²) in [5.74, 6) is 0. The van der Waals surface area contributed by atoms with E-state index >= 15 is 0 Å². The van der Waals surface area contributed by atoms with Crippen molar-refractivity contribution >= 4 is 10.9 Å². The van der Waals surface area contributed by atoms with Gasteiger partial charge in [-0.1, -0.05) is 48.5 Å². The second-order valence-corrected chi connectivity index (χ2v) is 7.30. The molecule has 0 spiro atoms. The van der Waals surface area contributed by atoms with Crippen LogP contribution in [0.3, 0.4) is 0 Å². The van der Waals surface area contributed by atoms with Gasteiger partial charge in [0.25, 0.3) is 0 Å². The van der Waals surface area contributed by atoms with Crippen LogP contribution in [0.15, 0.2) is 54.6 Å². The van der Waals surface area contributed by atoms with Crippen molar-refractivity contribution in [1.82, 2.24) is 9.47 Å². The van der Waals surface area contributed by atoms with Crippen molar-refractivity contribution in [3.8, 4) is 0 Å². The molecule has 122 valence electrons. The summed E-state index contributed by atoms with van der Waals surface area (Å²) in [7, 11) is 0. The lowest BCUT2D eigenvalue weighted by Gasteiger charge is -2.30. The van der Waals surface area contributed by atoms with Crippen molar-refractivity contribution in [2.45, 2.75) is 44.8 Å². The highest BCUT2D eigenvalue weighted by Crippen LogP contribution is 2.36. The van der Waals surface area contributed by atoms with E-state index in [1.54, 1.807) is 11.3 Å². The quantitative estimate of drug-likeness (QED) is 0.695. The monoisotopic (exact) mass is 316 g/mol. The Labute approximate surface area is 143 Å². The standard InChI is InChI=1S/C22H24N2/c1-2-7-17(8-3-1)12-14-24-21-11-5-4-10-19(21)20-16-23-13-6-9-18(23)15-22(20)24/h1-5,7-8,10-11,18H,6,9,12-16H2. The van der Waals surface area contributed by atoms with Gasteiger partial charge in [0.15, 0.2) is 0 Å². The van der Waals surface area contributed by atoms with E-state index in [9.17, 15) is 0 Å². The highest BCUT2D eigenvalue weighted by molar-refractivity contribution is 5.85. The topological polar surface area (TPSA) is 8.17 Å². The average Bonchev–Trinajstić information content (AvgIpc) is 3.21. The van der Waals surface area contributed by atoms with Crippen molar-refractivity contribution in [3.63, 3.8) is 0 Å². The van der Waals surface area contributed by atoms with E-state index in [4.69, 9.17) is 0 Å². The Balaban J connectivity index is 1.55. The number of rotatable bonds is 3. The summed E-state index contributed by atoms with van der Waals surface area (Å²) in [5.41, 5.74) is 6.06. The van der Waals surface area contributed by atoms with Crippen LogP contribution in [0.5, 0.6) is 0 Å². The Morgan fingerprint density at radius 1 is 0.958 bits per heavy atom. The van der Waals surface area contributed by atoms with Gasteiger partial charge in [0.2, 0.25) is 0 Å². The van der Waals surface area contributed by atoms with Gasteiger partial charge in [0.05, 0.1) is 0 Å². The number of nitrogens with zero attached hydrogens (tertiary/aromatic N) is 2. The van der Waals surface area contributed by atoms with Gasteiger partial charge in [-0.15, -0.1) is 0 Å². The fraction of sp³-hybridized carbons (Fsp3) is 0.364. The zero-order valence-electron chi connectivity index (χ0n) is 14.1. The van der Waals surface area contributed by atoms with E-state index in [-0.39, 0.29) is 0 Å². The third-order valence-electron chi connectivity index (χ3n) is 5.95. The summed E-state index contributed by atoms with van der Waals surface area (Å²) in [5, 5.41) is 1.48. The van der Waals surface area contributed by atoms with Gasteiger partial charge in [-0.2, -0.15) is 0 Å². The molecule has 24 heavy (non-hydrogen) atoms. The van der Waals surface area contributed by atoms with Gasteiger partial charge in [-0.25, -0.2) is 0 Å². The van der Waals surface area contributed by atoms with Crippen LogP contribution in [0, 0.1) is 0 Å². The van der Waals surface area contributed by atoms with E-state index in [0.717, 1.165) is 25.6 Å². The van der Waals surface area contributed by atoms with Crippen LogP contribution in [0.4, 0.5) is 0 Å². The van der Waals surface area contributed by atoms with Crippen molar-refractivity contribution in [1.29, 1.82) is 0 Å². The molecule has 0 bridgehead atoms. The summed E-state index contributed by atoms with van der Waals surface area (Å²) in [6.07, 6.45) is 5.09. The number of fused-ring (bicyclic) bond motifs is 4. The first-order valence-electron chi connectivity index (χ1n) is 9.27. The highest BCUT2D eigenvalue weighted by atomic mass is 15.2. The number of aromatic nitrogens is 1. The first kappa shape index (κ1) is 14.3. The van der Waals surface area contributed by atoms with Gasteiger partial charge in [0, 0.05) is 42.1 Å². The molecule has 0 saturated carbocycles. The number of aryl methyl sites for hydroxylation is 2. The van der Waals surface area contributed by atoms with Gasteiger partial charge >= 0.3 is 0 Å². The number of hydrogen-bond donors (Lipinski definition) is 0. The van der Waals surface area contributed by atoms with Crippen molar-refractivity contribution in [3.05, 3.63) is 71.4 Å². The minimum absolute atomic E-state index is 0.775. The number of hydrogen-bond acceptors (Lipinski definition) is 1. The number of benzene rings is 2. The summed E-state index contributed by atoms with van der Waals surface area (Å²) in [6, 6.07) is 20.7. The molecule has 0 amide bonds. The molecule has 1 aromatic heterocycles. The highest BCUT2D eigenvalue weighted by Gasteiger charge is 2.33. The van der Waals surface area contributed by atoms with E-state index in [2.05, 4.69) is 64.1 Å². The first-order chi connectivity index (χ1) is 11.9. The normalized spacial score (nSPS) is 20.2. The van der Waals surface area contributed by atoms with Gasteiger partial charge in [-0.05, 0) is 43.0 Å². The second-order valence-electron chi connectivity index (χ2n) is 7.30. The molecule has 0 N–H and O–H groups in total. The Morgan fingerprint density at radius 3 is 2.71 bits per heavy atom. The molecule has 1 unspecified atom stereocenters. The first-order valence-corrected chi connectivity index (χ1v) is 9.27. The molecule has 3 heterocycles. The second kappa shape index (κ2) is 5.78. The van der Waals surface area contributed by atoms with Crippen LogP contribution >= 0.6 is 0 Å². The Bertz CT molecular complexity index is 862. The van der Waals surface area contributed by atoms with E-state index in [1.807, 2.05) is 0 Å². The smallest absolute Gasteiger partial charge is 0.0486 e. The molecule has 2 aliphatic heterocycles. The molecular formula is C22H24N2. The Kier molecular flexibility index (Phi) is 3.45. The van der Waals surface area contributed by atoms with Crippen LogP contribution in [-0.4, -0.2) is 22.1 Å². The Hall–Kier alpha value is -2.06. The lowest BCUT2D eigenvalue weighted by atomic mass is 9.99. The van der Waals surface area contributed by atoms with Gasteiger partial charge in [-0.3, -0.25) is 4.90 Å². The predicted molar refractivity (Wildman–Crippen MR) is 99.2 cm³/mol. The lowest BCUT2D eigenvalue weighted by molar-refractivity contribution is 0.224. The Morgan fingerprint density at radius 2 is 1.79 bits per heavy atom. The van der Waals surface area contributed by atoms with Crippen LogP contribution in [0.2, 0.25) is 0 Å². The van der Waals surface area contributed by atoms with Crippen molar-refractivity contribution in [2.24, 2.45) is 0 Å². The van der Waals surface area contributed by atoms with E-state index < -0.39 is 0 Å². The summed E-state index contributed by atoms with van der Waals surface area (Å²) >= 11 is 0. The molecule has 1 saturated heterocycles. The van der Waals surface area contributed by atoms with E-state index in [0.29, 0.717) is 0 Å². The van der Waals surface area contributed by atoms with Crippen molar-refractivity contribution < 1.29 is 0 Å². The molecule has 2 nitrogen and oxygen atoms in total. The lowest BCUT2D eigenvalue weighted by Crippen LogP contribution is -2.35. The fourth-order valence-corrected chi connectivity index (χ4v) is 4.74. The minimum Gasteiger partial charge on any atom is -0.344 e. The molecule has 0 radical (unpaired) electrons. The third kappa shape index (κ3) is 2.29. The summed E-state index contributed by atoms with van der Waals surface area (Å²) < 4.78 is 2.62. The maximum absolute atomic E-state index is 2.70. The molecule has 1 fully saturated rings. The molecule has 2 aliphatic rings. The van der Waals surface area contributed by atoms with Gasteiger partial charge < -0.3 is 4.57 Å². The number of para-hydroxylation sites is 1. The maximum atomic E-state index is 2.70. The van der Waals surface area contributed by atoms with Crippen LogP contribution < -0.4 is 0 Å². The SMILES string of the molecule is c1ccc(CCn2c3c(c4ccccc42)CN2CCCC2C3)cc1. The van der Waals surface area contributed by atoms with Crippen LogP contribution in [-0.2, 0) is 25.9 Å². The van der Waals surface area contributed by atoms with Crippen LogP contribution in [0.25, 0.3) is 10.9 Å². The van der Waals surface area contributed by atoms with Crippen molar-refractivity contribution in [2.75, 3.05) is 6.54 Å². The molecule has 3 aromatic rings. The van der Waals surface area contributed by atoms with Crippen LogP contribution in [0.1, 0.15) is 29.7 Å². The molecule has 2 heteroatoms. The molecular weight excluding hydrogens is 292 g/mol. The van der Waals surface area contributed by atoms with Gasteiger partial charge in [0.1, 0.15) is 0 Å². The zero-order valence-corrected chi connectivity index (χ0v) is 14.1. The minimum atomic E-state index is 0.775. The predicted octanol–water partition coefficient (Wildman–Crippen LogP) is 4.40. The third-order valence-corrected chi connectivity index (χ3v) is 5.95. The maximum Gasteiger partial charge on any atom is 0.0486 e. The fourth-order valence-electron chi connectivity index (χ4n) is 4.74. The molecule has 0 aliphatic carbocycles. The summed E-state index contributed by atoms with van der Waals surface area (Å²) in [6.45, 7) is 3.53. The zero-order chi connectivity index (χ0) is 15.9. The average molecular weight is 316 g/mol. The largest absolute Gasteiger partial charge is 0.344 e.